The summed E-state index contributed by atoms with van der Waals surface area (Å²) in [6, 6.07) is 17.5. The Morgan fingerprint density at radius 2 is 1.67 bits per heavy atom. The first-order valence-electron chi connectivity index (χ1n) is 9.33. The Morgan fingerprint density at radius 3 is 2.22 bits per heavy atom. The molecule has 1 amide bonds. The topological polar surface area (TPSA) is 64.3 Å². The first-order valence-corrected chi connectivity index (χ1v) is 9.33. The lowest BCUT2D eigenvalue weighted by molar-refractivity contribution is -0.127. The van der Waals surface area contributed by atoms with E-state index in [1.165, 1.54) is 0 Å². The van der Waals surface area contributed by atoms with Gasteiger partial charge < -0.3 is 15.8 Å². The van der Waals surface area contributed by atoms with Crippen molar-refractivity contribution in [2.45, 2.75) is 44.2 Å². The van der Waals surface area contributed by atoms with E-state index in [0.29, 0.717) is 0 Å². The maximum absolute atomic E-state index is 13.0. The number of nitrogens with one attached hydrogen (secondary N) is 1. The predicted octanol–water partition coefficient (Wildman–Crippen LogP) is 4.34. The molecule has 146 valence electrons. The number of benzene rings is 2. The molecule has 0 heterocycles. The van der Waals surface area contributed by atoms with Gasteiger partial charge in [-0.25, -0.2) is 0 Å². The molecule has 1 aliphatic rings. The van der Waals surface area contributed by atoms with Crippen LogP contribution in [0.2, 0.25) is 0 Å². The quantitative estimate of drug-likeness (QED) is 0.773. The molecule has 0 aromatic heterocycles. The van der Waals surface area contributed by atoms with E-state index >= 15 is 0 Å². The molecule has 0 spiro atoms. The van der Waals surface area contributed by atoms with E-state index in [-0.39, 0.29) is 35.8 Å². The van der Waals surface area contributed by atoms with Crippen LogP contribution in [-0.4, -0.2) is 13.0 Å². The zero-order valence-electron chi connectivity index (χ0n) is 16.0. The van der Waals surface area contributed by atoms with Crippen LogP contribution >= 0.6 is 12.4 Å². The first kappa shape index (κ1) is 21.3. The van der Waals surface area contributed by atoms with Crippen molar-refractivity contribution < 1.29 is 9.53 Å². The van der Waals surface area contributed by atoms with Crippen LogP contribution in [0.25, 0.3) is 0 Å². The van der Waals surface area contributed by atoms with Gasteiger partial charge in [0.2, 0.25) is 5.91 Å². The SMILES string of the molecule is COc1ccc(C2(NC(=O)C(C)C(N)c3ccccc3)CCCC2)cc1.Cl. The number of carbonyl (C=O) groups is 1. The third kappa shape index (κ3) is 4.63. The van der Waals surface area contributed by atoms with Crippen LogP contribution < -0.4 is 15.8 Å². The maximum atomic E-state index is 13.0. The highest BCUT2D eigenvalue weighted by Crippen LogP contribution is 2.39. The molecular weight excluding hydrogens is 360 g/mol. The number of hydrogen-bond donors (Lipinski definition) is 2. The second-order valence-corrected chi connectivity index (χ2v) is 7.23. The second-order valence-electron chi connectivity index (χ2n) is 7.23. The fraction of sp³-hybridized carbons (Fsp3) is 0.409. The molecule has 0 radical (unpaired) electrons. The van der Waals surface area contributed by atoms with E-state index in [0.717, 1.165) is 42.6 Å². The second kappa shape index (κ2) is 9.25. The van der Waals surface area contributed by atoms with Gasteiger partial charge in [-0.1, -0.05) is 62.2 Å². The van der Waals surface area contributed by atoms with Crippen molar-refractivity contribution >= 4 is 18.3 Å². The number of rotatable bonds is 6. The average molecular weight is 389 g/mol. The van der Waals surface area contributed by atoms with Crippen LogP contribution in [0.5, 0.6) is 5.75 Å². The fourth-order valence-corrected chi connectivity index (χ4v) is 3.85. The lowest BCUT2D eigenvalue weighted by Crippen LogP contribution is -2.47. The molecule has 5 heteroatoms. The third-order valence-corrected chi connectivity index (χ3v) is 5.60. The first-order chi connectivity index (χ1) is 12.6. The molecule has 2 unspecified atom stereocenters. The van der Waals surface area contributed by atoms with E-state index in [2.05, 4.69) is 17.4 Å². The van der Waals surface area contributed by atoms with E-state index in [1.807, 2.05) is 49.4 Å². The standard InChI is InChI=1S/C22H28N2O2.ClH/c1-16(20(23)17-8-4-3-5-9-17)21(25)24-22(14-6-7-15-22)18-10-12-19(26-2)13-11-18;/h3-5,8-13,16,20H,6-7,14-15,23H2,1-2H3,(H,24,25);1H. The van der Waals surface area contributed by atoms with Crippen LogP contribution in [0, 0.1) is 5.92 Å². The van der Waals surface area contributed by atoms with Crippen LogP contribution in [-0.2, 0) is 10.3 Å². The fourth-order valence-electron chi connectivity index (χ4n) is 3.85. The molecule has 1 saturated carbocycles. The minimum Gasteiger partial charge on any atom is -0.497 e. The minimum atomic E-state index is -0.314. The van der Waals surface area contributed by atoms with Crippen LogP contribution in [0.3, 0.4) is 0 Å². The van der Waals surface area contributed by atoms with E-state index < -0.39 is 0 Å². The molecule has 1 aliphatic carbocycles. The number of ether oxygens (including phenoxy) is 1. The summed E-state index contributed by atoms with van der Waals surface area (Å²) < 4.78 is 5.26. The molecular formula is C22H29ClN2O2. The summed E-state index contributed by atoms with van der Waals surface area (Å²) in [7, 11) is 1.66. The van der Waals surface area contributed by atoms with Gasteiger partial charge in [0, 0.05) is 6.04 Å². The molecule has 0 saturated heterocycles. The molecule has 0 aliphatic heterocycles. The molecule has 3 rings (SSSR count). The zero-order valence-corrected chi connectivity index (χ0v) is 16.8. The van der Waals surface area contributed by atoms with Crippen molar-refractivity contribution in [3.05, 3.63) is 65.7 Å². The Hall–Kier alpha value is -2.04. The molecule has 2 aromatic rings. The summed E-state index contributed by atoms with van der Waals surface area (Å²) in [5.41, 5.74) is 8.19. The van der Waals surface area contributed by atoms with Crippen LogP contribution in [0.15, 0.2) is 54.6 Å². The van der Waals surface area contributed by atoms with Gasteiger partial charge in [0.05, 0.1) is 18.6 Å². The lowest BCUT2D eigenvalue weighted by Gasteiger charge is -2.33. The van der Waals surface area contributed by atoms with Gasteiger partial charge in [0.15, 0.2) is 0 Å². The summed E-state index contributed by atoms with van der Waals surface area (Å²) in [4.78, 5) is 13.0. The smallest absolute Gasteiger partial charge is 0.225 e. The summed E-state index contributed by atoms with van der Waals surface area (Å²) in [5, 5.41) is 3.34. The molecule has 0 bridgehead atoms. The van der Waals surface area contributed by atoms with Crippen LogP contribution in [0.4, 0.5) is 0 Å². The zero-order chi connectivity index (χ0) is 18.6. The monoisotopic (exact) mass is 388 g/mol. The normalized spacial score (nSPS) is 17.4. The molecule has 27 heavy (non-hydrogen) atoms. The van der Waals surface area contributed by atoms with Gasteiger partial charge in [-0.15, -0.1) is 12.4 Å². The Labute approximate surface area is 167 Å². The number of amides is 1. The lowest BCUT2D eigenvalue weighted by atomic mass is 9.86. The highest BCUT2D eigenvalue weighted by Gasteiger charge is 2.38. The Kier molecular flexibility index (Phi) is 7.28. The number of nitrogens with two attached hydrogens (primary N) is 1. The Bertz CT molecular complexity index is 728. The van der Waals surface area contributed by atoms with Crippen molar-refractivity contribution in [1.29, 1.82) is 0 Å². The molecule has 3 N–H and O–H groups in total. The molecule has 2 aromatic carbocycles. The minimum absolute atomic E-state index is 0. The van der Waals surface area contributed by atoms with Gasteiger partial charge in [0.1, 0.15) is 5.75 Å². The molecule has 4 nitrogen and oxygen atoms in total. The van der Waals surface area contributed by atoms with E-state index in [4.69, 9.17) is 10.5 Å². The van der Waals surface area contributed by atoms with Crippen molar-refractivity contribution in [2.24, 2.45) is 11.7 Å². The number of carbonyl (C=O) groups excluding carboxylic acids is 1. The van der Waals surface area contributed by atoms with Crippen LogP contribution in [0.1, 0.15) is 49.8 Å². The molecule has 1 fully saturated rings. The Balaban J connectivity index is 0.00000261. The van der Waals surface area contributed by atoms with E-state index in [9.17, 15) is 4.79 Å². The van der Waals surface area contributed by atoms with Gasteiger partial charge >= 0.3 is 0 Å². The largest absolute Gasteiger partial charge is 0.497 e. The van der Waals surface area contributed by atoms with Crippen molar-refractivity contribution in [2.75, 3.05) is 7.11 Å². The van der Waals surface area contributed by atoms with Crippen molar-refractivity contribution in [3.63, 3.8) is 0 Å². The van der Waals surface area contributed by atoms with Gasteiger partial charge in [0.25, 0.3) is 0 Å². The van der Waals surface area contributed by atoms with Gasteiger partial charge in [-0.05, 0) is 36.1 Å². The van der Waals surface area contributed by atoms with Gasteiger partial charge in [-0.3, -0.25) is 4.79 Å². The highest BCUT2D eigenvalue weighted by molar-refractivity contribution is 5.85. The number of halogens is 1. The molecule has 2 atom stereocenters. The predicted molar refractivity (Wildman–Crippen MR) is 111 cm³/mol. The number of methoxy groups -OCH3 is 1. The summed E-state index contributed by atoms with van der Waals surface area (Å²) >= 11 is 0. The third-order valence-electron chi connectivity index (χ3n) is 5.60. The highest BCUT2D eigenvalue weighted by atomic mass is 35.5. The van der Waals surface area contributed by atoms with Crippen molar-refractivity contribution in [1.82, 2.24) is 5.32 Å². The van der Waals surface area contributed by atoms with Crippen molar-refractivity contribution in [3.8, 4) is 5.75 Å². The average Bonchev–Trinajstić information content (AvgIpc) is 3.17. The summed E-state index contributed by atoms with van der Waals surface area (Å²) in [6.07, 6.45) is 4.15. The Morgan fingerprint density at radius 1 is 1.07 bits per heavy atom. The summed E-state index contributed by atoms with van der Waals surface area (Å²) in [6.45, 7) is 1.91. The number of hydrogen-bond acceptors (Lipinski definition) is 3. The van der Waals surface area contributed by atoms with E-state index in [1.54, 1.807) is 7.11 Å². The maximum Gasteiger partial charge on any atom is 0.225 e. The summed E-state index contributed by atoms with van der Waals surface area (Å²) in [5.74, 6) is 0.542. The van der Waals surface area contributed by atoms with Gasteiger partial charge in [-0.2, -0.15) is 0 Å².